The first kappa shape index (κ1) is 10.5. The maximum Gasteiger partial charge on any atom is 0.0703 e. The average Bonchev–Trinajstić information content (AvgIpc) is 2.09. The number of aryl methyl sites for hydroxylation is 1. The summed E-state index contributed by atoms with van der Waals surface area (Å²) < 4.78 is 0. The molecule has 0 aliphatic rings. The first-order chi connectivity index (χ1) is 6.13. The van der Waals surface area contributed by atoms with E-state index in [2.05, 4.69) is 0 Å². The average molecular weight is 200 g/mol. The third-order valence-corrected chi connectivity index (χ3v) is 2.29. The van der Waals surface area contributed by atoms with Crippen molar-refractivity contribution in [2.24, 2.45) is 5.73 Å². The van der Waals surface area contributed by atoms with Crippen molar-refractivity contribution in [1.29, 1.82) is 0 Å². The van der Waals surface area contributed by atoms with Crippen LogP contribution in [-0.2, 0) is 6.42 Å². The zero-order valence-electron chi connectivity index (χ0n) is 7.63. The SMILES string of the molecule is Cc1ccc(CC(O)CN)c(Cl)c1. The number of benzene rings is 1. The topological polar surface area (TPSA) is 46.2 Å². The Kier molecular flexibility index (Phi) is 3.72. The van der Waals surface area contributed by atoms with E-state index in [1.54, 1.807) is 0 Å². The third-order valence-electron chi connectivity index (χ3n) is 1.94. The monoisotopic (exact) mass is 199 g/mol. The molecular formula is C10H14ClNO. The second-order valence-electron chi connectivity index (χ2n) is 3.19. The van der Waals surface area contributed by atoms with Gasteiger partial charge in [0.15, 0.2) is 0 Å². The van der Waals surface area contributed by atoms with E-state index in [1.807, 2.05) is 25.1 Å². The molecule has 0 radical (unpaired) electrons. The standard InChI is InChI=1S/C10H14ClNO/c1-7-2-3-8(10(11)4-7)5-9(13)6-12/h2-4,9,13H,5-6,12H2,1H3. The molecule has 0 spiro atoms. The molecule has 1 aromatic rings. The van der Waals surface area contributed by atoms with Gasteiger partial charge in [0.25, 0.3) is 0 Å². The van der Waals surface area contributed by atoms with Crippen LogP contribution in [0.5, 0.6) is 0 Å². The molecule has 0 amide bonds. The van der Waals surface area contributed by atoms with Gasteiger partial charge in [-0.25, -0.2) is 0 Å². The molecule has 13 heavy (non-hydrogen) atoms. The Morgan fingerprint density at radius 3 is 2.77 bits per heavy atom. The molecule has 0 saturated carbocycles. The minimum absolute atomic E-state index is 0.268. The van der Waals surface area contributed by atoms with Gasteiger partial charge in [0.1, 0.15) is 0 Å². The van der Waals surface area contributed by atoms with E-state index in [1.165, 1.54) is 0 Å². The molecule has 1 aromatic carbocycles. The number of hydrogen-bond donors (Lipinski definition) is 2. The fourth-order valence-corrected chi connectivity index (χ4v) is 1.47. The minimum atomic E-state index is -0.500. The number of nitrogens with two attached hydrogens (primary N) is 1. The van der Waals surface area contributed by atoms with Gasteiger partial charge in [-0.05, 0) is 24.1 Å². The second kappa shape index (κ2) is 4.61. The summed E-state index contributed by atoms with van der Waals surface area (Å²) in [6.45, 7) is 2.25. The molecule has 3 heteroatoms. The molecule has 3 N–H and O–H groups in total. The quantitative estimate of drug-likeness (QED) is 0.776. The maximum atomic E-state index is 9.32. The zero-order valence-corrected chi connectivity index (χ0v) is 8.38. The summed E-state index contributed by atoms with van der Waals surface area (Å²) in [5.74, 6) is 0. The zero-order chi connectivity index (χ0) is 9.84. The van der Waals surface area contributed by atoms with Crippen LogP contribution in [0.1, 0.15) is 11.1 Å². The first-order valence-electron chi connectivity index (χ1n) is 4.26. The lowest BCUT2D eigenvalue weighted by atomic mass is 10.1. The van der Waals surface area contributed by atoms with Crippen LogP contribution in [0.2, 0.25) is 5.02 Å². The molecule has 0 aromatic heterocycles. The fourth-order valence-electron chi connectivity index (χ4n) is 1.16. The van der Waals surface area contributed by atoms with Gasteiger partial charge in [-0.2, -0.15) is 0 Å². The Morgan fingerprint density at radius 2 is 2.23 bits per heavy atom. The Labute approximate surface area is 83.3 Å². The van der Waals surface area contributed by atoms with Gasteiger partial charge in [-0.15, -0.1) is 0 Å². The van der Waals surface area contributed by atoms with E-state index in [4.69, 9.17) is 17.3 Å². The Balaban J connectivity index is 2.77. The Bertz CT molecular complexity index is 288. The smallest absolute Gasteiger partial charge is 0.0703 e. The van der Waals surface area contributed by atoms with Gasteiger partial charge in [0, 0.05) is 18.0 Å². The van der Waals surface area contributed by atoms with E-state index < -0.39 is 6.10 Å². The predicted octanol–water partition coefficient (Wildman–Crippen LogP) is 1.51. The number of aliphatic hydroxyl groups excluding tert-OH is 1. The predicted molar refractivity (Wildman–Crippen MR) is 55.0 cm³/mol. The summed E-state index contributed by atoms with van der Waals surface area (Å²) in [6.07, 6.45) is 0.0236. The Morgan fingerprint density at radius 1 is 1.54 bits per heavy atom. The van der Waals surface area contributed by atoms with E-state index in [9.17, 15) is 5.11 Å². The highest BCUT2D eigenvalue weighted by atomic mass is 35.5. The van der Waals surface area contributed by atoms with Crippen LogP contribution >= 0.6 is 11.6 Å². The van der Waals surface area contributed by atoms with Crippen LogP contribution in [0, 0.1) is 6.92 Å². The van der Waals surface area contributed by atoms with Crippen molar-refractivity contribution >= 4 is 11.6 Å². The number of aliphatic hydroxyl groups is 1. The van der Waals surface area contributed by atoms with Crippen molar-refractivity contribution in [2.45, 2.75) is 19.4 Å². The summed E-state index contributed by atoms with van der Waals surface area (Å²) in [6, 6.07) is 5.79. The molecular weight excluding hydrogens is 186 g/mol. The van der Waals surface area contributed by atoms with Crippen molar-refractivity contribution in [1.82, 2.24) is 0 Å². The fraction of sp³-hybridized carbons (Fsp3) is 0.400. The molecule has 0 fully saturated rings. The van der Waals surface area contributed by atoms with Crippen molar-refractivity contribution in [3.8, 4) is 0 Å². The van der Waals surface area contributed by atoms with Gasteiger partial charge < -0.3 is 10.8 Å². The minimum Gasteiger partial charge on any atom is -0.391 e. The van der Waals surface area contributed by atoms with Crippen molar-refractivity contribution in [3.63, 3.8) is 0 Å². The van der Waals surface area contributed by atoms with Gasteiger partial charge in [0.05, 0.1) is 6.10 Å². The molecule has 0 heterocycles. The lowest BCUT2D eigenvalue weighted by Crippen LogP contribution is -2.22. The molecule has 1 rings (SSSR count). The summed E-state index contributed by atoms with van der Waals surface area (Å²) in [4.78, 5) is 0. The van der Waals surface area contributed by atoms with E-state index in [-0.39, 0.29) is 6.54 Å². The van der Waals surface area contributed by atoms with Gasteiger partial charge in [0.2, 0.25) is 0 Å². The van der Waals surface area contributed by atoms with Crippen LogP contribution in [-0.4, -0.2) is 17.8 Å². The first-order valence-corrected chi connectivity index (χ1v) is 4.64. The number of hydrogen-bond acceptors (Lipinski definition) is 2. The summed E-state index contributed by atoms with van der Waals surface area (Å²) in [7, 11) is 0. The molecule has 0 aliphatic heterocycles. The summed E-state index contributed by atoms with van der Waals surface area (Å²) in [5.41, 5.74) is 7.38. The summed E-state index contributed by atoms with van der Waals surface area (Å²) >= 11 is 5.98. The van der Waals surface area contributed by atoms with Gasteiger partial charge in [-0.3, -0.25) is 0 Å². The Hall–Kier alpha value is -0.570. The highest BCUT2D eigenvalue weighted by Crippen LogP contribution is 2.18. The number of halogens is 1. The molecule has 0 saturated heterocycles. The highest BCUT2D eigenvalue weighted by molar-refractivity contribution is 6.31. The van der Waals surface area contributed by atoms with Crippen LogP contribution in [0.25, 0.3) is 0 Å². The third kappa shape index (κ3) is 2.99. The summed E-state index contributed by atoms with van der Waals surface area (Å²) in [5, 5.41) is 10.0. The largest absolute Gasteiger partial charge is 0.391 e. The molecule has 0 aliphatic carbocycles. The van der Waals surface area contributed by atoms with Crippen molar-refractivity contribution < 1.29 is 5.11 Å². The van der Waals surface area contributed by atoms with Gasteiger partial charge >= 0.3 is 0 Å². The van der Waals surface area contributed by atoms with Crippen molar-refractivity contribution in [2.75, 3.05) is 6.54 Å². The normalized spacial score (nSPS) is 12.9. The molecule has 0 bridgehead atoms. The van der Waals surface area contributed by atoms with Crippen LogP contribution in [0.15, 0.2) is 18.2 Å². The lowest BCUT2D eigenvalue weighted by molar-refractivity contribution is 0.183. The van der Waals surface area contributed by atoms with Gasteiger partial charge in [-0.1, -0.05) is 23.7 Å². The van der Waals surface area contributed by atoms with E-state index in [0.29, 0.717) is 11.4 Å². The molecule has 2 nitrogen and oxygen atoms in total. The van der Waals surface area contributed by atoms with Crippen LogP contribution in [0.3, 0.4) is 0 Å². The van der Waals surface area contributed by atoms with E-state index in [0.717, 1.165) is 11.1 Å². The molecule has 1 atom stereocenters. The second-order valence-corrected chi connectivity index (χ2v) is 3.60. The van der Waals surface area contributed by atoms with Crippen molar-refractivity contribution in [3.05, 3.63) is 34.3 Å². The van der Waals surface area contributed by atoms with Crippen LogP contribution < -0.4 is 5.73 Å². The molecule has 1 unspecified atom stereocenters. The highest BCUT2D eigenvalue weighted by Gasteiger charge is 2.06. The number of rotatable bonds is 3. The van der Waals surface area contributed by atoms with E-state index >= 15 is 0 Å². The molecule has 72 valence electrons. The van der Waals surface area contributed by atoms with Crippen LogP contribution in [0.4, 0.5) is 0 Å². The lowest BCUT2D eigenvalue weighted by Gasteiger charge is -2.09. The maximum absolute atomic E-state index is 9.32.